The monoisotopic (exact) mass is 488 g/mol. The Labute approximate surface area is 204 Å². The van der Waals surface area contributed by atoms with E-state index in [0.717, 1.165) is 60.7 Å². The second-order valence-corrected chi connectivity index (χ2v) is 13.9. The summed E-state index contributed by atoms with van der Waals surface area (Å²) < 4.78 is 54.9. The fraction of sp³-hybridized carbons (Fsp3) is 0.897. The SMILES string of the molecule is O=C(OC1CCCCO1)C1C2CC(C3C4CC(C23)C2C3CC(C5C6C=CC(C6)C35)C42)C1C(F)(F)F. The molecule has 190 valence electrons. The third-order valence-electron chi connectivity index (χ3n) is 13.4. The fourth-order valence-corrected chi connectivity index (χ4v) is 13.3. The first kappa shape index (κ1) is 21.0. The molecule has 1 saturated heterocycles. The maximum absolute atomic E-state index is 14.6. The van der Waals surface area contributed by atoms with E-state index in [1.165, 1.54) is 12.8 Å². The lowest BCUT2D eigenvalue weighted by molar-refractivity contribution is -0.232. The molecule has 0 spiro atoms. The number of hydrogen-bond acceptors (Lipinski definition) is 3. The van der Waals surface area contributed by atoms with Gasteiger partial charge in [-0.25, -0.2) is 0 Å². The highest BCUT2D eigenvalue weighted by atomic mass is 19.4. The lowest BCUT2D eigenvalue weighted by atomic mass is 9.53. The van der Waals surface area contributed by atoms with E-state index in [9.17, 15) is 18.0 Å². The quantitative estimate of drug-likeness (QED) is 0.284. The molecule has 1 aliphatic heterocycles. The van der Waals surface area contributed by atoms with Gasteiger partial charge in [-0.1, -0.05) is 12.2 Å². The van der Waals surface area contributed by atoms with Gasteiger partial charge in [-0.05, 0) is 121 Å². The zero-order valence-electron chi connectivity index (χ0n) is 20.0. The smallest absolute Gasteiger partial charge is 0.392 e. The number of halogens is 3. The second-order valence-electron chi connectivity index (χ2n) is 13.9. The summed E-state index contributed by atoms with van der Waals surface area (Å²) in [7, 11) is 0. The molecule has 0 N–H and O–H groups in total. The average Bonchev–Trinajstić information content (AvgIpc) is 3.67. The molecule has 0 aromatic carbocycles. The lowest BCUT2D eigenvalue weighted by Crippen LogP contribution is -2.52. The van der Waals surface area contributed by atoms with Crippen LogP contribution < -0.4 is 0 Å². The number of allylic oxidation sites excluding steroid dienone is 2. The van der Waals surface area contributed by atoms with Crippen LogP contribution in [0.1, 0.15) is 44.9 Å². The van der Waals surface area contributed by atoms with Gasteiger partial charge in [0.15, 0.2) is 0 Å². The van der Waals surface area contributed by atoms with Crippen molar-refractivity contribution in [3.05, 3.63) is 12.2 Å². The van der Waals surface area contributed by atoms with Crippen LogP contribution in [0.2, 0.25) is 0 Å². The van der Waals surface area contributed by atoms with Crippen molar-refractivity contribution in [1.82, 2.24) is 0 Å². The van der Waals surface area contributed by atoms with Crippen molar-refractivity contribution in [1.29, 1.82) is 0 Å². The molecule has 0 aromatic rings. The number of carbonyl (C=O) groups excluding carboxylic acids is 1. The molecule has 0 radical (unpaired) electrons. The largest absolute Gasteiger partial charge is 0.436 e. The van der Waals surface area contributed by atoms with Crippen molar-refractivity contribution in [2.75, 3.05) is 6.61 Å². The van der Waals surface area contributed by atoms with E-state index in [4.69, 9.17) is 9.47 Å². The molecule has 1 heterocycles. The summed E-state index contributed by atoms with van der Waals surface area (Å²) >= 11 is 0. The van der Waals surface area contributed by atoms with Gasteiger partial charge in [0, 0.05) is 6.42 Å². The maximum Gasteiger partial charge on any atom is 0.392 e. The van der Waals surface area contributed by atoms with E-state index in [2.05, 4.69) is 12.2 Å². The van der Waals surface area contributed by atoms with Crippen LogP contribution in [0, 0.1) is 94.7 Å². The van der Waals surface area contributed by atoms with Gasteiger partial charge in [0.1, 0.15) is 0 Å². The van der Waals surface area contributed by atoms with Crippen molar-refractivity contribution >= 4 is 5.97 Å². The summed E-state index contributed by atoms with van der Waals surface area (Å²) in [6.45, 7) is 0.524. The van der Waals surface area contributed by atoms with Gasteiger partial charge < -0.3 is 9.47 Å². The van der Waals surface area contributed by atoms with Crippen molar-refractivity contribution in [2.45, 2.75) is 57.4 Å². The van der Waals surface area contributed by atoms with Crippen LogP contribution in [0.3, 0.4) is 0 Å². The van der Waals surface area contributed by atoms with Crippen molar-refractivity contribution in [3.63, 3.8) is 0 Å². The predicted octanol–water partition coefficient (Wildman–Crippen LogP) is 5.70. The number of alkyl halides is 3. The Morgan fingerprint density at radius 3 is 1.91 bits per heavy atom. The van der Waals surface area contributed by atoms with Crippen LogP contribution in [0.15, 0.2) is 12.2 Å². The minimum absolute atomic E-state index is 0.140. The first-order chi connectivity index (χ1) is 16.9. The summed E-state index contributed by atoms with van der Waals surface area (Å²) in [4.78, 5) is 13.3. The van der Waals surface area contributed by atoms with Gasteiger partial charge in [-0.15, -0.1) is 0 Å². The van der Waals surface area contributed by atoms with Crippen LogP contribution >= 0.6 is 0 Å². The molecule has 17 unspecified atom stereocenters. The van der Waals surface area contributed by atoms with Gasteiger partial charge >= 0.3 is 12.1 Å². The molecule has 3 nitrogen and oxygen atoms in total. The van der Waals surface area contributed by atoms with Gasteiger partial charge in [-0.2, -0.15) is 13.2 Å². The van der Waals surface area contributed by atoms with Gasteiger partial charge in [0.25, 0.3) is 0 Å². The summed E-state index contributed by atoms with van der Waals surface area (Å²) in [5.41, 5.74) is 0. The zero-order valence-corrected chi connectivity index (χ0v) is 20.0. The van der Waals surface area contributed by atoms with E-state index in [0.29, 0.717) is 43.1 Å². The number of carbonyl (C=O) groups is 1. The Bertz CT molecular complexity index is 986. The molecule has 17 atom stereocenters. The highest BCUT2D eigenvalue weighted by Gasteiger charge is 2.79. The molecule has 9 aliphatic rings. The number of hydrogen-bond donors (Lipinski definition) is 0. The van der Waals surface area contributed by atoms with Gasteiger partial charge in [-0.3, -0.25) is 4.79 Å². The molecule has 7 saturated carbocycles. The second kappa shape index (κ2) is 6.69. The molecule has 8 fully saturated rings. The molecule has 8 aliphatic carbocycles. The predicted molar refractivity (Wildman–Crippen MR) is 119 cm³/mol. The molecular formula is C29H35F3O3. The normalized spacial score (nSPS) is 62.0. The Balaban J connectivity index is 1.04. The van der Waals surface area contributed by atoms with Crippen molar-refractivity contribution in [2.24, 2.45) is 94.7 Å². The number of fused-ring (bicyclic) bond motifs is 23. The molecular weight excluding hydrogens is 453 g/mol. The summed E-state index contributed by atoms with van der Waals surface area (Å²) in [6.07, 6.45) is 6.81. The third kappa shape index (κ3) is 2.43. The molecule has 9 rings (SSSR count). The maximum atomic E-state index is 14.6. The Kier molecular flexibility index (Phi) is 4.00. The van der Waals surface area contributed by atoms with Crippen LogP contribution in [-0.4, -0.2) is 25.0 Å². The van der Waals surface area contributed by atoms with E-state index in [1.807, 2.05) is 0 Å². The zero-order chi connectivity index (χ0) is 23.4. The lowest BCUT2D eigenvalue weighted by Gasteiger charge is -2.51. The third-order valence-corrected chi connectivity index (χ3v) is 13.4. The highest BCUT2D eigenvalue weighted by molar-refractivity contribution is 5.74. The molecule has 0 amide bonds. The molecule has 6 heteroatoms. The number of ether oxygens (including phenoxy) is 2. The van der Waals surface area contributed by atoms with E-state index >= 15 is 0 Å². The van der Waals surface area contributed by atoms with Crippen molar-refractivity contribution in [3.8, 4) is 0 Å². The van der Waals surface area contributed by atoms with E-state index in [1.54, 1.807) is 0 Å². The highest BCUT2D eigenvalue weighted by Crippen LogP contribution is 2.82. The van der Waals surface area contributed by atoms with E-state index < -0.39 is 30.3 Å². The number of esters is 1. The number of rotatable bonds is 2. The topological polar surface area (TPSA) is 35.5 Å². The van der Waals surface area contributed by atoms with Gasteiger partial charge in [0.2, 0.25) is 6.29 Å². The Morgan fingerprint density at radius 1 is 0.743 bits per heavy atom. The standard InChI is InChI=1S/C29H35F3O3/c30-29(31,32)27-18-10-17(26(27)28(33)35-19-3-1-2-6-34-19)24-15-9-16(25(18)24)23-14-8-13(22(15)23)20-11-4-5-12(7-11)21(14)20/h4-5,11-27H,1-3,6-10H2. The molecule has 0 aromatic heterocycles. The Hall–Kier alpha value is -1.04. The van der Waals surface area contributed by atoms with Crippen LogP contribution in [0.25, 0.3) is 0 Å². The molecule has 35 heavy (non-hydrogen) atoms. The first-order valence-electron chi connectivity index (χ1n) is 14.5. The van der Waals surface area contributed by atoms with Gasteiger partial charge in [0.05, 0.1) is 18.4 Å². The van der Waals surface area contributed by atoms with Crippen LogP contribution in [-0.2, 0) is 14.3 Å². The van der Waals surface area contributed by atoms with E-state index in [-0.39, 0.29) is 17.8 Å². The summed E-state index contributed by atoms with van der Waals surface area (Å²) in [6, 6.07) is 0. The minimum Gasteiger partial charge on any atom is -0.436 e. The average molecular weight is 489 g/mol. The van der Waals surface area contributed by atoms with Crippen molar-refractivity contribution < 1.29 is 27.4 Å². The summed E-state index contributed by atoms with van der Waals surface area (Å²) in [5, 5.41) is 0. The fourth-order valence-electron chi connectivity index (χ4n) is 13.3. The summed E-state index contributed by atoms with van der Waals surface area (Å²) in [5.74, 6) is 4.04. The minimum atomic E-state index is -4.34. The van der Waals surface area contributed by atoms with Crippen LogP contribution in [0.5, 0.6) is 0 Å². The van der Waals surface area contributed by atoms with Crippen LogP contribution in [0.4, 0.5) is 13.2 Å². The Morgan fingerprint density at radius 2 is 1.31 bits per heavy atom. The molecule has 8 bridgehead atoms. The first-order valence-corrected chi connectivity index (χ1v) is 14.5.